The fraction of sp³-hybridized carbons (Fsp3) is 0.500. The molecule has 0 spiro atoms. The van der Waals surface area contributed by atoms with Crippen molar-refractivity contribution in [1.82, 2.24) is 0 Å². The maximum Gasteiger partial charge on any atom is 0.328 e. The molecule has 0 saturated heterocycles. The predicted octanol–water partition coefficient (Wildman–Crippen LogP) is 1.50. The highest BCUT2D eigenvalue weighted by Gasteiger charge is 2.50. The van der Waals surface area contributed by atoms with Crippen molar-refractivity contribution in [3.63, 3.8) is 0 Å². The second-order valence-electron chi connectivity index (χ2n) is 5.52. The van der Waals surface area contributed by atoms with Gasteiger partial charge in [-0.05, 0) is 13.8 Å². The molecular weight excluding hydrogens is 262 g/mol. The zero-order valence-electron chi connectivity index (χ0n) is 12.0. The van der Waals surface area contributed by atoms with Gasteiger partial charge in [-0.25, -0.2) is 4.79 Å². The monoisotopic (exact) mass is 281 g/mol. The molecule has 0 bridgehead atoms. The van der Waals surface area contributed by atoms with Gasteiger partial charge in [0.2, 0.25) is 0 Å². The van der Waals surface area contributed by atoms with E-state index < -0.39 is 17.1 Å². The molecule has 1 aromatic rings. The lowest BCUT2D eigenvalue weighted by Gasteiger charge is -2.42. The number of hydrogen-bond acceptors (Lipinski definition) is 5. The summed E-state index contributed by atoms with van der Waals surface area (Å²) in [4.78, 5) is 11.7. The average molecular weight is 281 g/mol. The second-order valence-corrected chi connectivity index (χ2v) is 5.52. The number of methoxy groups -OCH3 is 2. The minimum Gasteiger partial charge on any atom is -0.496 e. The lowest BCUT2D eigenvalue weighted by Crippen LogP contribution is -2.54. The maximum absolute atomic E-state index is 11.7. The summed E-state index contributed by atoms with van der Waals surface area (Å²) in [6, 6.07) is 3.23. The SMILES string of the molecule is COc1cc(OC)c2c(c1)OC(C)(C)CC2(N)C(=O)O. The predicted molar refractivity (Wildman–Crippen MR) is 72.4 cm³/mol. The number of nitrogens with two attached hydrogens (primary N) is 1. The molecule has 0 aromatic heterocycles. The van der Waals surface area contributed by atoms with E-state index in [0.717, 1.165) is 0 Å². The molecule has 0 saturated carbocycles. The number of carboxylic acid groups (broad SMARTS) is 1. The van der Waals surface area contributed by atoms with Gasteiger partial charge in [0.15, 0.2) is 5.54 Å². The number of fused-ring (bicyclic) bond motifs is 1. The molecule has 1 aliphatic heterocycles. The Labute approximate surface area is 117 Å². The Balaban J connectivity index is 2.73. The summed E-state index contributed by atoms with van der Waals surface area (Å²) < 4.78 is 16.3. The molecule has 3 N–H and O–H groups in total. The lowest BCUT2D eigenvalue weighted by atomic mass is 9.78. The number of carboxylic acids is 1. The van der Waals surface area contributed by atoms with Gasteiger partial charge in [0.25, 0.3) is 0 Å². The van der Waals surface area contributed by atoms with Gasteiger partial charge in [-0.15, -0.1) is 0 Å². The standard InChI is InChI=1S/C14H19NO5/c1-13(2)7-14(15,12(16)17)11-9(19-4)5-8(18-3)6-10(11)20-13/h5-6H,7,15H2,1-4H3,(H,16,17). The number of carbonyl (C=O) groups is 1. The Morgan fingerprint density at radius 2 is 2.00 bits per heavy atom. The first-order valence-corrected chi connectivity index (χ1v) is 6.21. The molecule has 0 amide bonds. The molecule has 110 valence electrons. The Kier molecular flexibility index (Phi) is 3.29. The molecule has 0 fully saturated rings. The number of ether oxygens (including phenoxy) is 3. The molecule has 0 radical (unpaired) electrons. The van der Waals surface area contributed by atoms with E-state index in [1.807, 2.05) is 0 Å². The van der Waals surface area contributed by atoms with E-state index in [2.05, 4.69) is 0 Å². The molecular formula is C14H19NO5. The first-order chi connectivity index (χ1) is 9.23. The highest BCUT2D eigenvalue weighted by Crippen LogP contribution is 2.48. The zero-order valence-corrected chi connectivity index (χ0v) is 12.0. The van der Waals surface area contributed by atoms with Crippen LogP contribution in [0, 0.1) is 0 Å². The van der Waals surface area contributed by atoms with Gasteiger partial charge in [-0.1, -0.05) is 0 Å². The van der Waals surface area contributed by atoms with Crippen molar-refractivity contribution >= 4 is 5.97 Å². The van der Waals surface area contributed by atoms with Crippen LogP contribution in [-0.4, -0.2) is 30.9 Å². The third-order valence-corrected chi connectivity index (χ3v) is 3.41. The van der Waals surface area contributed by atoms with Gasteiger partial charge >= 0.3 is 5.97 Å². The number of aliphatic carboxylic acids is 1. The quantitative estimate of drug-likeness (QED) is 0.872. The van der Waals surface area contributed by atoms with Crippen molar-refractivity contribution in [2.24, 2.45) is 5.73 Å². The lowest BCUT2D eigenvalue weighted by molar-refractivity contribution is -0.147. The molecule has 1 unspecified atom stereocenters. The van der Waals surface area contributed by atoms with Crippen LogP contribution in [0.15, 0.2) is 12.1 Å². The van der Waals surface area contributed by atoms with Crippen molar-refractivity contribution in [1.29, 1.82) is 0 Å². The van der Waals surface area contributed by atoms with Crippen LogP contribution in [0.4, 0.5) is 0 Å². The largest absolute Gasteiger partial charge is 0.496 e. The second kappa shape index (κ2) is 4.56. The first-order valence-electron chi connectivity index (χ1n) is 6.21. The Hall–Kier alpha value is -1.95. The van der Waals surface area contributed by atoms with E-state index in [4.69, 9.17) is 19.9 Å². The Morgan fingerprint density at radius 1 is 1.35 bits per heavy atom. The van der Waals surface area contributed by atoms with Crippen LogP contribution < -0.4 is 19.9 Å². The van der Waals surface area contributed by atoms with Crippen molar-refractivity contribution in [2.45, 2.75) is 31.4 Å². The molecule has 1 atom stereocenters. The molecule has 6 nitrogen and oxygen atoms in total. The van der Waals surface area contributed by atoms with E-state index in [-0.39, 0.29) is 6.42 Å². The van der Waals surface area contributed by atoms with Crippen molar-refractivity contribution in [3.05, 3.63) is 17.7 Å². The summed E-state index contributed by atoms with van der Waals surface area (Å²) in [6.45, 7) is 3.60. The topological polar surface area (TPSA) is 91.0 Å². The van der Waals surface area contributed by atoms with E-state index in [0.29, 0.717) is 22.8 Å². The van der Waals surface area contributed by atoms with E-state index in [9.17, 15) is 9.90 Å². The number of hydrogen-bond donors (Lipinski definition) is 2. The van der Waals surface area contributed by atoms with Crippen molar-refractivity contribution in [3.8, 4) is 17.2 Å². The summed E-state index contributed by atoms with van der Waals surface area (Å²) in [6.07, 6.45) is 0.144. The third kappa shape index (κ3) is 2.16. The minimum atomic E-state index is -1.56. The van der Waals surface area contributed by atoms with Crippen LogP contribution in [0.5, 0.6) is 17.2 Å². The van der Waals surface area contributed by atoms with Crippen LogP contribution in [0.1, 0.15) is 25.8 Å². The van der Waals surface area contributed by atoms with Crippen LogP contribution in [0.3, 0.4) is 0 Å². The first kappa shape index (κ1) is 14.5. The molecule has 20 heavy (non-hydrogen) atoms. The van der Waals surface area contributed by atoms with Gasteiger partial charge in [0, 0.05) is 18.6 Å². The third-order valence-electron chi connectivity index (χ3n) is 3.41. The minimum absolute atomic E-state index is 0.144. The average Bonchev–Trinajstić information content (AvgIpc) is 2.35. The zero-order chi connectivity index (χ0) is 15.1. The summed E-state index contributed by atoms with van der Waals surface area (Å²) in [5, 5.41) is 9.56. The number of rotatable bonds is 3. The molecule has 1 heterocycles. The normalized spacial score (nSPS) is 23.4. The van der Waals surface area contributed by atoms with E-state index in [1.54, 1.807) is 26.0 Å². The Morgan fingerprint density at radius 3 is 2.50 bits per heavy atom. The summed E-state index contributed by atoms with van der Waals surface area (Å²) >= 11 is 0. The van der Waals surface area contributed by atoms with Crippen LogP contribution in [0.2, 0.25) is 0 Å². The van der Waals surface area contributed by atoms with Crippen molar-refractivity contribution < 1.29 is 24.1 Å². The van der Waals surface area contributed by atoms with Crippen LogP contribution >= 0.6 is 0 Å². The van der Waals surface area contributed by atoms with Crippen LogP contribution in [0.25, 0.3) is 0 Å². The van der Waals surface area contributed by atoms with Gasteiger partial charge in [0.05, 0.1) is 19.8 Å². The van der Waals surface area contributed by atoms with Crippen LogP contribution in [-0.2, 0) is 10.3 Å². The highest BCUT2D eigenvalue weighted by molar-refractivity contribution is 5.84. The number of benzene rings is 1. The summed E-state index contributed by atoms with van der Waals surface area (Å²) in [5.74, 6) is 0.131. The fourth-order valence-electron chi connectivity index (χ4n) is 2.64. The fourth-order valence-corrected chi connectivity index (χ4v) is 2.64. The highest BCUT2D eigenvalue weighted by atomic mass is 16.5. The molecule has 1 aromatic carbocycles. The van der Waals surface area contributed by atoms with Gasteiger partial charge < -0.3 is 25.1 Å². The molecule has 0 aliphatic carbocycles. The van der Waals surface area contributed by atoms with E-state index >= 15 is 0 Å². The summed E-state index contributed by atoms with van der Waals surface area (Å²) in [7, 11) is 2.97. The molecule has 2 rings (SSSR count). The molecule has 1 aliphatic rings. The maximum atomic E-state index is 11.7. The van der Waals surface area contributed by atoms with Gasteiger partial charge in [-0.3, -0.25) is 0 Å². The summed E-state index contributed by atoms with van der Waals surface area (Å²) in [5.41, 5.74) is 4.24. The smallest absolute Gasteiger partial charge is 0.328 e. The van der Waals surface area contributed by atoms with Gasteiger partial charge in [-0.2, -0.15) is 0 Å². The molecule has 6 heteroatoms. The van der Waals surface area contributed by atoms with Gasteiger partial charge in [0.1, 0.15) is 22.8 Å². The Bertz CT molecular complexity index is 555. The van der Waals surface area contributed by atoms with E-state index in [1.165, 1.54) is 14.2 Å². The van der Waals surface area contributed by atoms with Crippen molar-refractivity contribution in [2.75, 3.05) is 14.2 Å².